The summed E-state index contributed by atoms with van der Waals surface area (Å²) in [7, 11) is 0. The first-order valence-electron chi connectivity index (χ1n) is 7.53. The fourth-order valence-corrected chi connectivity index (χ4v) is 3.29. The Kier molecular flexibility index (Phi) is 4.05. The lowest BCUT2D eigenvalue weighted by Crippen LogP contribution is -2.19. The predicted molar refractivity (Wildman–Crippen MR) is 96.5 cm³/mol. The van der Waals surface area contributed by atoms with Crippen LogP contribution in [0.15, 0.2) is 52.4 Å². The van der Waals surface area contributed by atoms with Crippen molar-refractivity contribution in [2.45, 2.75) is 0 Å². The van der Waals surface area contributed by atoms with E-state index in [1.807, 2.05) is 30.3 Å². The van der Waals surface area contributed by atoms with Crippen LogP contribution in [0.3, 0.4) is 0 Å². The van der Waals surface area contributed by atoms with Crippen LogP contribution in [0, 0.1) is 10.1 Å². The summed E-state index contributed by atoms with van der Waals surface area (Å²) in [5.41, 5.74) is 0.798. The van der Waals surface area contributed by atoms with Crippen molar-refractivity contribution < 1.29 is 19.2 Å². The molecular weight excluding hydrogens is 358 g/mol. The highest BCUT2D eigenvalue weighted by atomic mass is 32.2. The van der Waals surface area contributed by atoms with Gasteiger partial charge in [0.2, 0.25) is 6.79 Å². The third-order valence-electron chi connectivity index (χ3n) is 3.64. The second-order valence-corrected chi connectivity index (χ2v) is 6.37. The Balaban J connectivity index is 1.68. The maximum absolute atomic E-state index is 12.2. The predicted octanol–water partition coefficient (Wildman–Crippen LogP) is 3.22. The van der Waals surface area contributed by atoms with Gasteiger partial charge in [0.15, 0.2) is 16.7 Å². The highest BCUT2D eigenvalue weighted by Crippen LogP contribution is 2.40. The first-order valence-corrected chi connectivity index (χ1v) is 8.34. The monoisotopic (exact) mass is 369 g/mol. The number of hydrogen-bond donors (Lipinski definition) is 1. The number of hydrogen-bond acceptors (Lipinski definition) is 7. The molecule has 0 aliphatic carbocycles. The molecule has 2 aliphatic heterocycles. The van der Waals surface area contributed by atoms with E-state index in [2.05, 4.69) is 10.3 Å². The van der Waals surface area contributed by atoms with E-state index in [4.69, 9.17) is 9.47 Å². The van der Waals surface area contributed by atoms with Crippen molar-refractivity contribution in [3.63, 3.8) is 0 Å². The topological polar surface area (TPSA) is 103 Å². The quantitative estimate of drug-likeness (QED) is 0.506. The highest BCUT2D eigenvalue weighted by molar-refractivity contribution is 8.18. The summed E-state index contributed by atoms with van der Waals surface area (Å²) < 4.78 is 10.4. The number of nitrogens with zero attached hydrogens (tertiary/aromatic N) is 2. The molecule has 2 aromatic rings. The van der Waals surface area contributed by atoms with E-state index >= 15 is 0 Å². The molecule has 1 saturated heterocycles. The number of amides is 1. The molecule has 9 heteroatoms. The van der Waals surface area contributed by atoms with Crippen LogP contribution in [0.4, 0.5) is 11.4 Å². The molecule has 0 unspecified atom stereocenters. The Bertz CT molecular complexity index is 972. The Morgan fingerprint density at radius 3 is 2.65 bits per heavy atom. The number of nitro benzene ring substituents is 1. The van der Waals surface area contributed by atoms with Crippen LogP contribution >= 0.6 is 11.8 Å². The molecule has 2 aromatic carbocycles. The molecule has 4 rings (SSSR count). The maximum Gasteiger partial charge on any atom is 0.280 e. The van der Waals surface area contributed by atoms with Gasteiger partial charge in [-0.15, -0.1) is 0 Å². The normalized spacial score (nSPS) is 18.4. The number of carbonyl (C=O) groups is 1. The lowest BCUT2D eigenvalue weighted by atomic mass is 10.1. The fourth-order valence-electron chi connectivity index (χ4n) is 2.46. The molecule has 0 radical (unpaired) electrons. The zero-order valence-corrected chi connectivity index (χ0v) is 14.0. The van der Waals surface area contributed by atoms with Gasteiger partial charge in [-0.3, -0.25) is 14.9 Å². The number of carbonyl (C=O) groups excluding carboxylic acids is 1. The maximum atomic E-state index is 12.2. The van der Waals surface area contributed by atoms with Crippen LogP contribution in [-0.2, 0) is 4.79 Å². The average Bonchev–Trinajstić information content (AvgIpc) is 3.21. The SMILES string of the molecule is O=C1NC(=Nc2ccccc2)SC1=Cc1cc2c(cc1[N+](=O)[O-])OCO2. The van der Waals surface area contributed by atoms with Gasteiger partial charge in [0.25, 0.3) is 11.6 Å². The summed E-state index contributed by atoms with van der Waals surface area (Å²) in [5, 5.41) is 14.4. The van der Waals surface area contributed by atoms with Crippen molar-refractivity contribution >= 4 is 40.3 Å². The third kappa shape index (κ3) is 3.11. The summed E-state index contributed by atoms with van der Waals surface area (Å²) in [4.78, 5) is 27.6. The number of rotatable bonds is 3. The Labute approximate surface area is 151 Å². The number of para-hydroxylation sites is 1. The van der Waals surface area contributed by atoms with E-state index in [-0.39, 0.29) is 24.0 Å². The smallest absolute Gasteiger partial charge is 0.280 e. The van der Waals surface area contributed by atoms with E-state index in [1.54, 1.807) is 0 Å². The average molecular weight is 369 g/mol. The lowest BCUT2D eigenvalue weighted by Gasteiger charge is -2.01. The van der Waals surface area contributed by atoms with E-state index < -0.39 is 4.92 Å². The van der Waals surface area contributed by atoms with Gasteiger partial charge in [-0.05, 0) is 36.0 Å². The van der Waals surface area contributed by atoms with E-state index in [0.29, 0.717) is 27.3 Å². The first-order chi connectivity index (χ1) is 12.6. The van der Waals surface area contributed by atoms with Crippen molar-refractivity contribution in [2.75, 3.05) is 6.79 Å². The lowest BCUT2D eigenvalue weighted by molar-refractivity contribution is -0.385. The van der Waals surface area contributed by atoms with Crippen LogP contribution in [0.25, 0.3) is 6.08 Å². The number of benzene rings is 2. The van der Waals surface area contributed by atoms with Crippen molar-refractivity contribution in [1.29, 1.82) is 0 Å². The van der Waals surface area contributed by atoms with Gasteiger partial charge in [-0.25, -0.2) is 4.99 Å². The largest absolute Gasteiger partial charge is 0.454 e. The van der Waals surface area contributed by atoms with Crippen LogP contribution in [0.1, 0.15) is 5.56 Å². The summed E-state index contributed by atoms with van der Waals surface area (Å²) in [6, 6.07) is 12.0. The molecule has 0 saturated carbocycles. The zero-order valence-electron chi connectivity index (χ0n) is 13.2. The van der Waals surface area contributed by atoms with Gasteiger partial charge in [0.1, 0.15) is 0 Å². The summed E-state index contributed by atoms with van der Waals surface area (Å²) >= 11 is 1.12. The van der Waals surface area contributed by atoms with Crippen molar-refractivity contribution in [3.05, 3.63) is 63.0 Å². The molecule has 1 fully saturated rings. The van der Waals surface area contributed by atoms with Crippen LogP contribution in [0.5, 0.6) is 11.5 Å². The number of amidine groups is 1. The van der Waals surface area contributed by atoms with Crippen LogP contribution in [-0.4, -0.2) is 22.8 Å². The van der Waals surface area contributed by atoms with Gasteiger partial charge in [0.05, 0.1) is 27.1 Å². The van der Waals surface area contributed by atoms with Crippen molar-refractivity contribution in [2.24, 2.45) is 4.99 Å². The van der Waals surface area contributed by atoms with E-state index in [9.17, 15) is 14.9 Å². The number of nitrogens with one attached hydrogen (secondary N) is 1. The second-order valence-electron chi connectivity index (χ2n) is 5.34. The van der Waals surface area contributed by atoms with E-state index in [1.165, 1.54) is 18.2 Å². The molecular formula is C17H11N3O5S. The van der Waals surface area contributed by atoms with E-state index in [0.717, 1.165) is 11.8 Å². The van der Waals surface area contributed by atoms with Crippen LogP contribution in [0.2, 0.25) is 0 Å². The van der Waals surface area contributed by atoms with Crippen molar-refractivity contribution in [1.82, 2.24) is 5.32 Å². The van der Waals surface area contributed by atoms with Crippen molar-refractivity contribution in [3.8, 4) is 11.5 Å². The first kappa shape index (κ1) is 16.2. The highest BCUT2D eigenvalue weighted by Gasteiger charge is 2.27. The molecule has 2 aliphatic rings. The molecule has 8 nitrogen and oxygen atoms in total. The number of aliphatic imine (C=N–C) groups is 1. The molecule has 0 spiro atoms. The summed E-state index contributed by atoms with van der Waals surface area (Å²) in [6.07, 6.45) is 1.45. The van der Waals surface area contributed by atoms with Gasteiger partial charge in [-0.1, -0.05) is 18.2 Å². The van der Waals surface area contributed by atoms with Crippen LogP contribution < -0.4 is 14.8 Å². The Hall–Kier alpha value is -3.33. The minimum Gasteiger partial charge on any atom is -0.454 e. The fraction of sp³-hybridized carbons (Fsp3) is 0.0588. The van der Waals surface area contributed by atoms with Gasteiger partial charge >= 0.3 is 0 Å². The molecule has 0 atom stereocenters. The second kappa shape index (κ2) is 6.52. The molecule has 26 heavy (non-hydrogen) atoms. The zero-order chi connectivity index (χ0) is 18.1. The number of ether oxygens (including phenoxy) is 2. The summed E-state index contributed by atoms with van der Waals surface area (Å²) in [6.45, 7) is 0.00955. The number of thioether (sulfide) groups is 1. The number of fused-ring (bicyclic) bond motifs is 1. The Morgan fingerprint density at radius 2 is 1.92 bits per heavy atom. The molecule has 0 aromatic heterocycles. The minimum absolute atomic E-state index is 0.00955. The minimum atomic E-state index is -0.523. The molecule has 1 N–H and O–H groups in total. The Morgan fingerprint density at radius 1 is 1.19 bits per heavy atom. The third-order valence-corrected chi connectivity index (χ3v) is 4.55. The molecule has 1 amide bonds. The molecule has 130 valence electrons. The standard InChI is InChI=1S/C17H11N3O5S/c21-16-15(26-17(19-16)18-11-4-2-1-3-5-11)7-10-6-13-14(25-9-24-13)8-12(10)20(22)23/h1-8H,9H2,(H,18,19,21). The van der Waals surface area contributed by atoms with Gasteiger partial charge in [0, 0.05) is 0 Å². The molecule has 2 heterocycles. The van der Waals surface area contributed by atoms with Gasteiger partial charge < -0.3 is 14.8 Å². The van der Waals surface area contributed by atoms with Gasteiger partial charge in [-0.2, -0.15) is 0 Å². The molecule has 0 bridgehead atoms. The number of nitro groups is 1. The summed E-state index contributed by atoms with van der Waals surface area (Å²) in [5.74, 6) is 0.356.